The highest BCUT2D eigenvalue weighted by atomic mass is 16.5. The number of benzene rings is 2. The summed E-state index contributed by atoms with van der Waals surface area (Å²) in [5.74, 6) is -0.860. The maximum Gasteiger partial charge on any atom is 0.335 e. The minimum Gasteiger partial charge on any atom is -0.495 e. The van der Waals surface area contributed by atoms with Crippen molar-refractivity contribution in [3.63, 3.8) is 0 Å². The molecule has 1 amide bonds. The molecule has 0 saturated heterocycles. The zero-order chi connectivity index (χ0) is 17.8. The van der Waals surface area contributed by atoms with Gasteiger partial charge in [-0.2, -0.15) is 0 Å². The molecule has 2 N–H and O–H groups in total. The Kier molecular flexibility index (Phi) is 5.03. The van der Waals surface area contributed by atoms with Crippen molar-refractivity contribution in [1.82, 2.24) is 0 Å². The Bertz CT molecular complexity index is 813. The van der Waals surface area contributed by atoms with E-state index in [-0.39, 0.29) is 17.9 Å². The summed E-state index contributed by atoms with van der Waals surface area (Å²) >= 11 is 0. The Balaban J connectivity index is 1.71. The van der Waals surface area contributed by atoms with Gasteiger partial charge in [0.25, 0.3) is 0 Å². The molecule has 0 radical (unpaired) electrons. The van der Waals surface area contributed by atoms with E-state index in [9.17, 15) is 9.59 Å². The lowest BCUT2D eigenvalue weighted by atomic mass is 9.90. The maximum absolute atomic E-state index is 12.4. The van der Waals surface area contributed by atoms with Crippen molar-refractivity contribution in [2.75, 3.05) is 12.4 Å². The van der Waals surface area contributed by atoms with Gasteiger partial charge < -0.3 is 15.2 Å². The quantitative estimate of drug-likeness (QED) is 0.875. The number of amides is 1. The molecule has 25 heavy (non-hydrogen) atoms. The summed E-state index contributed by atoms with van der Waals surface area (Å²) in [6.07, 6.45) is 4.91. The van der Waals surface area contributed by atoms with Gasteiger partial charge in [0.2, 0.25) is 5.91 Å². The van der Waals surface area contributed by atoms with Crippen molar-refractivity contribution in [2.45, 2.75) is 32.1 Å². The third kappa shape index (κ3) is 3.99. The number of fused-ring (bicyclic) bond motifs is 1. The number of aryl methyl sites for hydroxylation is 2. The molecular formula is C20H21NO4. The minimum absolute atomic E-state index is 0.115. The molecule has 2 aromatic carbocycles. The number of carboxylic acids is 1. The van der Waals surface area contributed by atoms with Crippen molar-refractivity contribution < 1.29 is 19.4 Å². The third-order valence-corrected chi connectivity index (χ3v) is 4.50. The van der Waals surface area contributed by atoms with Gasteiger partial charge >= 0.3 is 5.97 Å². The predicted octanol–water partition coefficient (Wildman–Crippen LogP) is 3.45. The van der Waals surface area contributed by atoms with E-state index in [0.29, 0.717) is 11.4 Å². The molecule has 1 aliphatic rings. The number of rotatable bonds is 5. The number of hydrogen-bond donors (Lipinski definition) is 2. The van der Waals surface area contributed by atoms with Crippen LogP contribution in [0, 0.1) is 0 Å². The molecule has 0 aliphatic heterocycles. The van der Waals surface area contributed by atoms with E-state index in [4.69, 9.17) is 9.84 Å². The van der Waals surface area contributed by atoms with Crippen molar-refractivity contribution in [2.24, 2.45) is 0 Å². The molecular weight excluding hydrogens is 318 g/mol. The van der Waals surface area contributed by atoms with Crippen molar-refractivity contribution >= 4 is 17.6 Å². The molecule has 0 spiro atoms. The van der Waals surface area contributed by atoms with Gasteiger partial charge in [-0.1, -0.05) is 18.2 Å². The van der Waals surface area contributed by atoms with E-state index in [1.807, 2.05) is 6.07 Å². The molecule has 0 heterocycles. The average Bonchev–Trinajstić information content (AvgIpc) is 2.61. The Morgan fingerprint density at radius 1 is 1.08 bits per heavy atom. The van der Waals surface area contributed by atoms with Crippen LogP contribution in [0.4, 0.5) is 5.69 Å². The number of hydrogen-bond acceptors (Lipinski definition) is 3. The summed E-state index contributed by atoms with van der Waals surface area (Å²) in [4.78, 5) is 23.4. The second-order valence-electron chi connectivity index (χ2n) is 6.26. The van der Waals surface area contributed by atoms with Crippen molar-refractivity contribution in [1.29, 1.82) is 0 Å². The zero-order valence-electron chi connectivity index (χ0n) is 14.2. The highest BCUT2D eigenvalue weighted by molar-refractivity contribution is 5.95. The number of methoxy groups -OCH3 is 1. The first-order chi connectivity index (χ1) is 12.1. The number of carboxylic acid groups (broad SMARTS) is 1. The highest BCUT2D eigenvalue weighted by Gasteiger charge is 2.14. The molecule has 3 rings (SSSR count). The van der Waals surface area contributed by atoms with Crippen LogP contribution in [0.15, 0.2) is 36.4 Å². The van der Waals surface area contributed by atoms with E-state index in [0.717, 1.165) is 18.4 Å². The Hall–Kier alpha value is -2.82. The number of carbonyl (C=O) groups is 2. The molecule has 0 fully saturated rings. The van der Waals surface area contributed by atoms with Gasteiger partial charge in [0, 0.05) is 0 Å². The second-order valence-corrected chi connectivity index (χ2v) is 6.26. The van der Waals surface area contributed by atoms with Gasteiger partial charge in [0.1, 0.15) is 5.75 Å². The first-order valence-electron chi connectivity index (χ1n) is 8.38. The largest absolute Gasteiger partial charge is 0.495 e. The number of nitrogens with one attached hydrogen (secondary N) is 1. The summed E-state index contributed by atoms with van der Waals surface area (Å²) in [6.45, 7) is 0. The first-order valence-corrected chi connectivity index (χ1v) is 8.38. The average molecular weight is 339 g/mol. The topological polar surface area (TPSA) is 75.6 Å². The van der Waals surface area contributed by atoms with E-state index >= 15 is 0 Å². The van der Waals surface area contributed by atoms with E-state index in [1.54, 1.807) is 6.07 Å². The minimum atomic E-state index is -1.04. The lowest BCUT2D eigenvalue weighted by molar-refractivity contribution is -0.115. The van der Waals surface area contributed by atoms with Crippen LogP contribution < -0.4 is 10.1 Å². The van der Waals surface area contributed by atoms with Crippen molar-refractivity contribution in [3.8, 4) is 5.75 Å². The lowest BCUT2D eigenvalue weighted by Gasteiger charge is -2.16. The fourth-order valence-corrected chi connectivity index (χ4v) is 3.20. The van der Waals surface area contributed by atoms with Crippen LogP contribution in [-0.4, -0.2) is 24.1 Å². The SMILES string of the molecule is COc1cc(C(=O)O)ccc1NC(=O)Cc1ccc2c(c1)CCCC2. The van der Waals surface area contributed by atoms with Crippen LogP contribution in [0.5, 0.6) is 5.75 Å². The normalized spacial score (nSPS) is 13.0. The zero-order valence-corrected chi connectivity index (χ0v) is 14.2. The number of carbonyl (C=O) groups excluding carboxylic acids is 1. The van der Waals surface area contributed by atoms with E-state index < -0.39 is 5.97 Å². The smallest absolute Gasteiger partial charge is 0.335 e. The Morgan fingerprint density at radius 3 is 2.56 bits per heavy atom. The summed E-state index contributed by atoms with van der Waals surface area (Å²) in [7, 11) is 1.44. The molecule has 5 nitrogen and oxygen atoms in total. The number of ether oxygens (including phenoxy) is 1. The van der Waals surface area contributed by atoms with Gasteiger partial charge in [-0.15, -0.1) is 0 Å². The summed E-state index contributed by atoms with van der Waals surface area (Å²) in [5, 5.41) is 11.8. The standard InChI is InChI=1S/C20H21NO4/c1-25-18-12-16(20(23)24)8-9-17(18)21-19(22)11-13-6-7-14-4-2-3-5-15(14)10-13/h6-10,12H,2-5,11H2,1H3,(H,21,22)(H,23,24). The molecule has 2 aromatic rings. The molecule has 5 heteroatoms. The van der Waals surface area contributed by atoms with Crippen LogP contribution >= 0.6 is 0 Å². The monoisotopic (exact) mass is 339 g/mol. The molecule has 1 aliphatic carbocycles. The Morgan fingerprint density at radius 2 is 1.84 bits per heavy atom. The van der Waals surface area contributed by atoms with Crippen LogP contribution in [-0.2, 0) is 24.1 Å². The van der Waals surface area contributed by atoms with Gasteiger partial charge in [-0.05, 0) is 60.6 Å². The molecule has 0 unspecified atom stereocenters. The van der Waals surface area contributed by atoms with Crippen LogP contribution in [0.1, 0.15) is 39.9 Å². The van der Waals surface area contributed by atoms with Crippen LogP contribution in [0.2, 0.25) is 0 Å². The van der Waals surface area contributed by atoms with Gasteiger partial charge in [0.15, 0.2) is 0 Å². The predicted molar refractivity (Wildman–Crippen MR) is 95.4 cm³/mol. The summed E-state index contributed by atoms with van der Waals surface area (Å²) in [6, 6.07) is 10.6. The number of anilines is 1. The lowest BCUT2D eigenvalue weighted by Crippen LogP contribution is -2.16. The molecule has 130 valence electrons. The molecule has 0 aromatic heterocycles. The fraction of sp³-hybridized carbons (Fsp3) is 0.300. The van der Waals surface area contributed by atoms with Crippen molar-refractivity contribution in [3.05, 3.63) is 58.7 Å². The number of aromatic carboxylic acids is 1. The highest BCUT2D eigenvalue weighted by Crippen LogP contribution is 2.26. The van der Waals surface area contributed by atoms with Gasteiger partial charge in [-0.25, -0.2) is 4.79 Å². The summed E-state index contributed by atoms with van der Waals surface area (Å²) < 4.78 is 5.18. The summed E-state index contributed by atoms with van der Waals surface area (Å²) in [5.41, 5.74) is 4.31. The van der Waals surface area contributed by atoms with Crippen LogP contribution in [0.3, 0.4) is 0 Å². The maximum atomic E-state index is 12.4. The Labute approximate surface area is 146 Å². The molecule has 0 saturated carbocycles. The van der Waals surface area contributed by atoms with Crippen LogP contribution in [0.25, 0.3) is 0 Å². The van der Waals surface area contributed by atoms with E-state index in [2.05, 4.69) is 17.4 Å². The van der Waals surface area contributed by atoms with Gasteiger partial charge in [0.05, 0.1) is 24.8 Å². The fourth-order valence-electron chi connectivity index (χ4n) is 3.20. The third-order valence-electron chi connectivity index (χ3n) is 4.50. The first kappa shape index (κ1) is 17.0. The molecule has 0 atom stereocenters. The second kappa shape index (κ2) is 7.38. The van der Waals surface area contributed by atoms with Gasteiger partial charge in [-0.3, -0.25) is 4.79 Å². The molecule has 0 bridgehead atoms. The van der Waals surface area contributed by atoms with E-state index in [1.165, 1.54) is 43.2 Å².